The zero-order valence-electron chi connectivity index (χ0n) is 7.16. The summed E-state index contributed by atoms with van der Waals surface area (Å²) < 4.78 is 97.5. The van der Waals surface area contributed by atoms with Crippen LogP contribution in [-0.2, 0) is 14.5 Å². The van der Waals surface area contributed by atoms with E-state index in [2.05, 4.69) is 14.5 Å². The van der Waals surface area contributed by atoms with E-state index in [0.717, 1.165) is 0 Å². The number of alkyl halides is 8. The summed E-state index contributed by atoms with van der Waals surface area (Å²) in [6.07, 6.45) is -16.1. The molecule has 3 nitrogen and oxygen atoms in total. The topological polar surface area (TPSA) is 27.7 Å². The Morgan fingerprint density at radius 3 is 1.62 bits per heavy atom. The smallest absolute Gasteiger partial charge is 0.281 e. The van der Waals surface area contributed by atoms with E-state index >= 15 is 0 Å². The summed E-state index contributed by atoms with van der Waals surface area (Å²) in [5.41, 5.74) is 0. The van der Waals surface area contributed by atoms with E-state index in [1.807, 2.05) is 0 Å². The van der Waals surface area contributed by atoms with Crippen molar-refractivity contribution >= 4 is 0 Å². The monoisotopic (exact) mass is 264 g/mol. The third kappa shape index (κ3) is 4.06. The van der Waals surface area contributed by atoms with Crippen molar-refractivity contribution in [3.63, 3.8) is 0 Å². The van der Waals surface area contributed by atoms with Crippen LogP contribution in [0.3, 0.4) is 0 Å². The van der Waals surface area contributed by atoms with Crippen molar-refractivity contribution in [1.29, 1.82) is 0 Å². The Morgan fingerprint density at radius 2 is 1.25 bits per heavy atom. The van der Waals surface area contributed by atoms with Crippen LogP contribution >= 0.6 is 0 Å². The summed E-state index contributed by atoms with van der Waals surface area (Å²) in [7, 11) is 0. The molecule has 0 aliphatic carbocycles. The van der Waals surface area contributed by atoms with Crippen LogP contribution in [0.2, 0.25) is 0 Å². The molecule has 0 bridgehead atoms. The van der Waals surface area contributed by atoms with E-state index in [0.29, 0.717) is 0 Å². The van der Waals surface area contributed by atoms with Crippen LogP contribution < -0.4 is 0 Å². The van der Waals surface area contributed by atoms with E-state index in [1.54, 1.807) is 0 Å². The van der Waals surface area contributed by atoms with Gasteiger partial charge < -0.3 is 0 Å². The molecule has 98 valence electrons. The Labute approximate surface area is 82.8 Å². The fourth-order valence-electron chi connectivity index (χ4n) is 0.337. The molecule has 0 N–H and O–H groups in total. The Hall–Kier alpha value is -0.680. The Morgan fingerprint density at radius 1 is 0.750 bits per heavy atom. The lowest BCUT2D eigenvalue weighted by Crippen LogP contribution is -2.46. The summed E-state index contributed by atoms with van der Waals surface area (Å²) >= 11 is 0. The van der Waals surface area contributed by atoms with Crippen LogP contribution in [0.5, 0.6) is 0 Å². The fraction of sp³-hybridized carbons (Fsp3) is 1.00. The molecule has 0 fully saturated rings. The molecule has 0 unspecified atom stereocenters. The Kier molecular flexibility index (Phi) is 4.88. The number of rotatable bonds is 7. The van der Waals surface area contributed by atoms with Gasteiger partial charge in [-0.2, -0.15) is 31.2 Å². The lowest BCUT2D eigenvalue weighted by atomic mass is 10.6. The van der Waals surface area contributed by atoms with Gasteiger partial charge >= 0.3 is 18.3 Å². The first-order valence-corrected chi connectivity index (χ1v) is 3.34. The molecule has 0 aliphatic heterocycles. The van der Waals surface area contributed by atoms with Gasteiger partial charge in [-0.25, -0.2) is 8.78 Å². The molecule has 0 saturated heterocycles. The second-order valence-electron chi connectivity index (χ2n) is 2.22. The Bertz CT molecular complexity index is 220. The predicted octanol–water partition coefficient (Wildman–Crippen LogP) is 2.63. The third-order valence-electron chi connectivity index (χ3n) is 0.998. The molecule has 0 radical (unpaired) electrons. The van der Waals surface area contributed by atoms with Gasteiger partial charge in [-0.15, -0.1) is 4.89 Å². The highest BCUT2D eigenvalue weighted by Gasteiger charge is 2.62. The average molecular weight is 264 g/mol. The van der Waals surface area contributed by atoms with Gasteiger partial charge in [0, 0.05) is 0 Å². The number of hydrogen-bond donors (Lipinski definition) is 0. The molecule has 11 heteroatoms. The van der Waals surface area contributed by atoms with Crippen molar-refractivity contribution in [3.8, 4) is 0 Å². The van der Waals surface area contributed by atoms with Crippen LogP contribution in [0.4, 0.5) is 35.1 Å². The molecule has 0 amide bonds. The number of hydrogen-bond acceptors (Lipinski definition) is 3. The van der Waals surface area contributed by atoms with Gasteiger partial charge in [0.1, 0.15) is 0 Å². The summed E-state index contributed by atoms with van der Waals surface area (Å²) in [5.74, 6) is 0. The van der Waals surface area contributed by atoms with Crippen molar-refractivity contribution in [3.05, 3.63) is 0 Å². The van der Waals surface area contributed by atoms with Crippen molar-refractivity contribution in [2.45, 2.75) is 18.3 Å². The van der Waals surface area contributed by atoms with Gasteiger partial charge in [0.05, 0.1) is 0 Å². The van der Waals surface area contributed by atoms with E-state index < -0.39 is 31.9 Å². The molecule has 0 aliphatic rings. The minimum absolute atomic E-state index is 2.33. The minimum atomic E-state index is -5.71. The number of halogens is 8. The van der Waals surface area contributed by atoms with Crippen LogP contribution in [0, 0.1) is 0 Å². The largest absolute Gasteiger partial charge is 0.474 e. The highest BCUT2D eigenvalue weighted by Crippen LogP contribution is 2.37. The highest BCUT2D eigenvalue weighted by molar-refractivity contribution is 4.64. The van der Waals surface area contributed by atoms with Crippen molar-refractivity contribution in [2.75, 3.05) is 13.5 Å². The van der Waals surface area contributed by atoms with E-state index in [4.69, 9.17) is 0 Å². The molecule has 0 saturated carbocycles. The summed E-state index contributed by atoms with van der Waals surface area (Å²) in [5, 5.41) is 0. The molecular weight excluding hydrogens is 260 g/mol. The molecule has 0 atom stereocenters. The minimum Gasteiger partial charge on any atom is -0.281 e. The quantitative estimate of drug-likeness (QED) is 0.402. The highest BCUT2D eigenvalue weighted by atomic mass is 19.3. The lowest BCUT2D eigenvalue weighted by molar-refractivity contribution is -0.570. The van der Waals surface area contributed by atoms with Crippen LogP contribution in [0.25, 0.3) is 0 Å². The van der Waals surface area contributed by atoms with Crippen LogP contribution in [0.1, 0.15) is 0 Å². The van der Waals surface area contributed by atoms with Gasteiger partial charge in [-0.1, -0.05) is 0 Å². The van der Waals surface area contributed by atoms with Crippen LogP contribution in [-0.4, -0.2) is 31.9 Å². The second-order valence-corrected chi connectivity index (χ2v) is 2.22. The first-order valence-electron chi connectivity index (χ1n) is 3.34. The van der Waals surface area contributed by atoms with Gasteiger partial charge in [0.15, 0.2) is 13.5 Å². The van der Waals surface area contributed by atoms with Gasteiger partial charge in [0.2, 0.25) is 0 Å². The van der Waals surface area contributed by atoms with Gasteiger partial charge in [0.25, 0.3) is 0 Å². The van der Waals surface area contributed by atoms with Crippen molar-refractivity contribution in [1.82, 2.24) is 0 Å². The van der Waals surface area contributed by atoms with E-state index in [-0.39, 0.29) is 0 Å². The zero-order valence-corrected chi connectivity index (χ0v) is 7.16. The standard InChI is InChI=1S/C5H4F8O3/c6-1-3(8,9)15-16-5(12,13)4(10,11)14-2-7/h1-2H2. The zero-order chi connectivity index (χ0) is 13.0. The normalized spacial score (nSPS) is 14.2. The molecular formula is C5H4F8O3. The lowest BCUT2D eigenvalue weighted by Gasteiger charge is -2.24. The fourth-order valence-corrected chi connectivity index (χ4v) is 0.337. The predicted molar refractivity (Wildman–Crippen MR) is 30.0 cm³/mol. The molecule has 0 aromatic rings. The maximum atomic E-state index is 12.2. The molecule has 0 aromatic carbocycles. The number of ether oxygens (including phenoxy) is 1. The van der Waals surface area contributed by atoms with E-state index in [1.165, 1.54) is 0 Å². The average Bonchev–Trinajstić information content (AvgIpc) is 2.15. The SMILES string of the molecule is FCOC(F)(F)C(F)(F)OOC(F)(F)CF. The summed E-state index contributed by atoms with van der Waals surface area (Å²) in [4.78, 5) is 4.77. The van der Waals surface area contributed by atoms with Gasteiger partial charge in [-0.3, -0.25) is 4.74 Å². The molecule has 0 rings (SSSR count). The molecule has 16 heavy (non-hydrogen) atoms. The third-order valence-corrected chi connectivity index (χ3v) is 0.998. The maximum Gasteiger partial charge on any atom is 0.474 e. The van der Waals surface area contributed by atoms with Gasteiger partial charge in [-0.05, 0) is 0 Å². The summed E-state index contributed by atoms with van der Waals surface area (Å²) in [6.45, 7) is -4.91. The molecule has 0 heterocycles. The molecule has 0 aromatic heterocycles. The molecule has 0 spiro atoms. The van der Waals surface area contributed by atoms with Crippen LogP contribution in [0.15, 0.2) is 0 Å². The Balaban J connectivity index is 4.45. The maximum absolute atomic E-state index is 12.2. The summed E-state index contributed by atoms with van der Waals surface area (Å²) in [6, 6.07) is 0. The van der Waals surface area contributed by atoms with Crippen molar-refractivity contribution < 1.29 is 49.6 Å². The first-order chi connectivity index (χ1) is 7.08. The second kappa shape index (κ2) is 5.10. The first kappa shape index (κ1) is 15.3. The van der Waals surface area contributed by atoms with E-state index in [9.17, 15) is 35.1 Å². The van der Waals surface area contributed by atoms with Crippen molar-refractivity contribution in [2.24, 2.45) is 0 Å².